The minimum absolute atomic E-state index is 0.117. The highest BCUT2D eigenvalue weighted by Crippen LogP contribution is 2.44. The molecule has 0 bridgehead atoms. The van der Waals surface area contributed by atoms with Crippen molar-refractivity contribution in [2.45, 2.75) is 64.8 Å². The molecule has 0 saturated heterocycles. The normalized spacial score (nSPS) is 19.1. The van der Waals surface area contributed by atoms with Gasteiger partial charge in [-0.3, -0.25) is 0 Å². The van der Waals surface area contributed by atoms with E-state index < -0.39 is 0 Å². The zero-order valence-corrected chi connectivity index (χ0v) is 12.9. The maximum absolute atomic E-state index is 13.4. The molecule has 2 rings (SSSR count). The van der Waals surface area contributed by atoms with Gasteiger partial charge in [0.1, 0.15) is 5.82 Å². The van der Waals surface area contributed by atoms with E-state index in [4.69, 9.17) is 0 Å². The molecule has 2 heteroatoms. The Hall–Kier alpha value is -0.890. The second-order valence-corrected chi connectivity index (χ2v) is 6.26. The summed E-state index contributed by atoms with van der Waals surface area (Å²) in [7, 11) is 0. The molecule has 1 unspecified atom stereocenters. The summed E-state index contributed by atoms with van der Waals surface area (Å²) < 4.78 is 13.4. The van der Waals surface area contributed by atoms with Crippen LogP contribution in [-0.2, 0) is 6.42 Å². The zero-order chi connectivity index (χ0) is 14.4. The number of hydrogen-bond donors (Lipinski definition) is 1. The van der Waals surface area contributed by atoms with Crippen LogP contribution in [0.1, 0.15) is 57.9 Å². The zero-order valence-electron chi connectivity index (χ0n) is 12.9. The molecule has 1 saturated carbocycles. The molecule has 1 N–H and O–H groups in total. The van der Waals surface area contributed by atoms with Gasteiger partial charge in [-0.15, -0.1) is 0 Å². The summed E-state index contributed by atoms with van der Waals surface area (Å²) in [6, 6.07) is 7.59. The van der Waals surface area contributed by atoms with E-state index in [1.807, 2.05) is 6.07 Å². The third kappa shape index (κ3) is 3.60. The fraction of sp³-hybridized carbons (Fsp3) is 0.667. The van der Waals surface area contributed by atoms with Crippen molar-refractivity contribution >= 4 is 0 Å². The van der Waals surface area contributed by atoms with Gasteiger partial charge in [0, 0.05) is 6.04 Å². The monoisotopic (exact) mass is 277 g/mol. The minimum Gasteiger partial charge on any atom is -0.313 e. The first-order chi connectivity index (χ1) is 9.70. The van der Waals surface area contributed by atoms with Crippen molar-refractivity contribution in [1.29, 1.82) is 0 Å². The van der Waals surface area contributed by atoms with Crippen LogP contribution in [0, 0.1) is 11.2 Å². The Morgan fingerprint density at radius 2 is 2.00 bits per heavy atom. The average Bonchev–Trinajstić information content (AvgIpc) is 2.93. The van der Waals surface area contributed by atoms with E-state index >= 15 is 0 Å². The molecule has 20 heavy (non-hydrogen) atoms. The Kier molecular flexibility index (Phi) is 5.59. The largest absolute Gasteiger partial charge is 0.313 e. The number of benzene rings is 1. The molecule has 1 fully saturated rings. The lowest BCUT2D eigenvalue weighted by Gasteiger charge is -2.38. The molecular formula is C18H28FN. The molecule has 112 valence electrons. The molecule has 0 aliphatic heterocycles. The van der Waals surface area contributed by atoms with Crippen LogP contribution in [0.5, 0.6) is 0 Å². The lowest BCUT2D eigenvalue weighted by atomic mass is 9.74. The quantitative estimate of drug-likeness (QED) is 0.761. The summed E-state index contributed by atoms with van der Waals surface area (Å²) in [5, 5.41) is 3.75. The highest BCUT2D eigenvalue weighted by molar-refractivity contribution is 5.18. The van der Waals surface area contributed by atoms with Gasteiger partial charge in [0.25, 0.3) is 0 Å². The molecule has 0 spiro atoms. The topological polar surface area (TPSA) is 12.0 Å². The number of hydrogen-bond acceptors (Lipinski definition) is 1. The van der Waals surface area contributed by atoms with Crippen molar-refractivity contribution in [2.24, 2.45) is 5.41 Å². The Morgan fingerprint density at radius 1 is 1.25 bits per heavy atom. The predicted octanol–water partition coefficient (Wildman–Crippen LogP) is 4.71. The SMILES string of the molecule is CCCNC(Cc1cccc(F)c1)C1(CC)CCCC1. The fourth-order valence-corrected chi connectivity index (χ4v) is 3.75. The fourth-order valence-electron chi connectivity index (χ4n) is 3.75. The lowest BCUT2D eigenvalue weighted by Crippen LogP contribution is -2.45. The Balaban J connectivity index is 2.14. The van der Waals surface area contributed by atoms with Crippen LogP contribution in [0.3, 0.4) is 0 Å². The molecular weight excluding hydrogens is 249 g/mol. The van der Waals surface area contributed by atoms with Crippen molar-refractivity contribution < 1.29 is 4.39 Å². The number of nitrogens with one attached hydrogen (secondary N) is 1. The summed E-state index contributed by atoms with van der Waals surface area (Å²) in [5.41, 5.74) is 1.54. The summed E-state index contributed by atoms with van der Waals surface area (Å²) in [4.78, 5) is 0. The van der Waals surface area contributed by atoms with Crippen LogP contribution in [-0.4, -0.2) is 12.6 Å². The molecule has 0 radical (unpaired) electrons. The average molecular weight is 277 g/mol. The van der Waals surface area contributed by atoms with Crippen molar-refractivity contribution in [3.8, 4) is 0 Å². The van der Waals surface area contributed by atoms with Crippen LogP contribution in [0.15, 0.2) is 24.3 Å². The Bertz CT molecular complexity index is 410. The second kappa shape index (κ2) is 7.21. The van der Waals surface area contributed by atoms with Crippen molar-refractivity contribution in [1.82, 2.24) is 5.32 Å². The van der Waals surface area contributed by atoms with E-state index in [-0.39, 0.29) is 5.82 Å². The van der Waals surface area contributed by atoms with Crippen LogP contribution in [0.25, 0.3) is 0 Å². The molecule has 1 aliphatic carbocycles. The van der Waals surface area contributed by atoms with E-state index in [1.54, 1.807) is 6.07 Å². The smallest absolute Gasteiger partial charge is 0.123 e. The first kappa shape index (κ1) is 15.5. The summed E-state index contributed by atoms with van der Waals surface area (Å²) in [6.45, 7) is 5.58. The minimum atomic E-state index is -0.117. The van der Waals surface area contributed by atoms with Gasteiger partial charge in [-0.2, -0.15) is 0 Å². The van der Waals surface area contributed by atoms with E-state index in [9.17, 15) is 4.39 Å². The standard InChI is InChI=1S/C18H28FN/c1-3-12-20-17(18(4-2)10-5-6-11-18)14-15-8-7-9-16(19)13-15/h7-9,13,17,20H,3-6,10-12,14H2,1-2H3. The van der Waals surface area contributed by atoms with Gasteiger partial charge in [0.2, 0.25) is 0 Å². The Labute approximate surface area is 123 Å². The van der Waals surface area contributed by atoms with Crippen LogP contribution in [0.2, 0.25) is 0 Å². The maximum Gasteiger partial charge on any atom is 0.123 e. The third-order valence-corrected chi connectivity index (χ3v) is 5.01. The van der Waals surface area contributed by atoms with Gasteiger partial charge in [-0.1, -0.05) is 38.8 Å². The van der Waals surface area contributed by atoms with Crippen LogP contribution in [0.4, 0.5) is 4.39 Å². The van der Waals surface area contributed by atoms with Crippen LogP contribution < -0.4 is 5.32 Å². The molecule has 1 aromatic rings. The molecule has 1 aromatic carbocycles. The number of halogens is 1. The van der Waals surface area contributed by atoms with Gasteiger partial charge in [0.05, 0.1) is 0 Å². The molecule has 1 atom stereocenters. The first-order valence-corrected chi connectivity index (χ1v) is 8.18. The van der Waals surface area contributed by atoms with E-state index in [0.717, 1.165) is 24.9 Å². The second-order valence-electron chi connectivity index (χ2n) is 6.26. The summed E-state index contributed by atoms with van der Waals surface area (Å²) in [5.74, 6) is -0.117. The molecule has 1 nitrogen and oxygen atoms in total. The van der Waals surface area contributed by atoms with Crippen molar-refractivity contribution in [3.63, 3.8) is 0 Å². The molecule has 0 amide bonds. The summed E-state index contributed by atoms with van der Waals surface area (Å²) >= 11 is 0. The van der Waals surface area contributed by atoms with E-state index in [1.165, 1.54) is 38.2 Å². The number of rotatable bonds is 7. The van der Waals surface area contributed by atoms with E-state index in [2.05, 4.69) is 25.2 Å². The first-order valence-electron chi connectivity index (χ1n) is 8.18. The highest BCUT2D eigenvalue weighted by atomic mass is 19.1. The van der Waals surface area contributed by atoms with Gasteiger partial charge < -0.3 is 5.32 Å². The molecule has 0 aromatic heterocycles. The van der Waals surface area contributed by atoms with Gasteiger partial charge in [-0.05, 0) is 61.8 Å². The van der Waals surface area contributed by atoms with Crippen molar-refractivity contribution in [2.75, 3.05) is 6.54 Å². The lowest BCUT2D eigenvalue weighted by molar-refractivity contribution is 0.184. The molecule has 1 aliphatic rings. The predicted molar refractivity (Wildman–Crippen MR) is 83.4 cm³/mol. The highest BCUT2D eigenvalue weighted by Gasteiger charge is 2.39. The van der Waals surface area contributed by atoms with E-state index in [0.29, 0.717) is 11.5 Å². The van der Waals surface area contributed by atoms with Gasteiger partial charge in [0.15, 0.2) is 0 Å². The van der Waals surface area contributed by atoms with Gasteiger partial charge in [-0.25, -0.2) is 4.39 Å². The van der Waals surface area contributed by atoms with Crippen molar-refractivity contribution in [3.05, 3.63) is 35.6 Å². The maximum atomic E-state index is 13.4. The van der Waals surface area contributed by atoms with Crippen LogP contribution >= 0.6 is 0 Å². The molecule has 0 heterocycles. The third-order valence-electron chi connectivity index (χ3n) is 5.01. The van der Waals surface area contributed by atoms with Gasteiger partial charge >= 0.3 is 0 Å². The Morgan fingerprint density at radius 3 is 2.60 bits per heavy atom. The summed E-state index contributed by atoms with van der Waals surface area (Å²) in [6.07, 6.45) is 8.66.